The van der Waals surface area contributed by atoms with Gasteiger partial charge in [0.05, 0.1) is 11.4 Å². The van der Waals surface area contributed by atoms with Gasteiger partial charge in [0.2, 0.25) is 11.9 Å². The number of nitrogens with zero attached hydrogens (tertiary/aromatic N) is 4. The van der Waals surface area contributed by atoms with Crippen molar-refractivity contribution in [1.82, 2.24) is 24.6 Å². The Morgan fingerprint density at radius 1 is 1.21 bits per heavy atom. The van der Waals surface area contributed by atoms with E-state index in [9.17, 15) is 14.0 Å². The molecule has 1 amide bonds. The van der Waals surface area contributed by atoms with Gasteiger partial charge in [-0.05, 0) is 56.9 Å². The highest BCUT2D eigenvalue weighted by molar-refractivity contribution is 5.76. The molecule has 0 spiro atoms. The third kappa shape index (κ3) is 3.83. The molecule has 3 aromatic rings. The number of amides is 1. The fourth-order valence-electron chi connectivity index (χ4n) is 3.65. The molecular formula is C21H22FN5O2. The Morgan fingerprint density at radius 3 is 2.66 bits per heavy atom. The van der Waals surface area contributed by atoms with Gasteiger partial charge in [-0.25, -0.2) is 14.1 Å². The summed E-state index contributed by atoms with van der Waals surface area (Å²) in [5.41, 5.74) is 3.71. The van der Waals surface area contributed by atoms with Gasteiger partial charge >= 0.3 is 0 Å². The number of halogens is 1. The van der Waals surface area contributed by atoms with Crippen LogP contribution in [-0.4, -0.2) is 25.2 Å². The van der Waals surface area contributed by atoms with Crippen molar-refractivity contribution in [3.05, 3.63) is 74.7 Å². The number of hydrogen-bond donors (Lipinski definition) is 1. The van der Waals surface area contributed by atoms with E-state index >= 15 is 0 Å². The van der Waals surface area contributed by atoms with Crippen molar-refractivity contribution in [1.29, 1.82) is 0 Å². The minimum atomic E-state index is -0.328. The molecule has 29 heavy (non-hydrogen) atoms. The first-order valence-corrected chi connectivity index (χ1v) is 9.60. The van der Waals surface area contributed by atoms with E-state index in [1.807, 2.05) is 19.9 Å². The zero-order valence-electron chi connectivity index (χ0n) is 16.4. The molecule has 1 aliphatic carbocycles. The van der Waals surface area contributed by atoms with Gasteiger partial charge in [0.15, 0.2) is 0 Å². The molecule has 0 saturated heterocycles. The third-order valence-corrected chi connectivity index (χ3v) is 5.07. The van der Waals surface area contributed by atoms with Gasteiger partial charge in [0.25, 0.3) is 5.56 Å². The molecule has 2 heterocycles. The van der Waals surface area contributed by atoms with Crippen LogP contribution in [0, 0.1) is 19.7 Å². The lowest BCUT2D eigenvalue weighted by Crippen LogP contribution is -2.36. The van der Waals surface area contributed by atoms with Crippen LogP contribution < -0.4 is 10.9 Å². The van der Waals surface area contributed by atoms with Gasteiger partial charge in [-0.3, -0.25) is 14.2 Å². The van der Waals surface area contributed by atoms with Crippen molar-refractivity contribution in [2.75, 3.05) is 0 Å². The van der Waals surface area contributed by atoms with Crippen LogP contribution >= 0.6 is 0 Å². The van der Waals surface area contributed by atoms with Gasteiger partial charge in [-0.15, -0.1) is 0 Å². The SMILES string of the molecule is Cc1cc(C)n(-c2nc3c(c(=O)n2CC(=O)NCc2ccc(F)cc2)CCC3)n1. The maximum Gasteiger partial charge on any atom is 0.258 e. The molecule has 7 nitrogen and oxygen atoms in total. The van der Waals surface area contributed by atoms with Gasteiger partial charge in [0, 0.05) is 17.8 Å². The summed E-state index contributed by atoms with van der Waals surface area (Å²) in [6, 6.07) is 7.81. The average Bonchev–Trinajstić information content (AvgIpc) is 3.29. The number of rotatable bonds is 5. The lowest BCUT2D eigenvalue weighted by molar-refractivity contribution is -0.121. The lowest BCUT2D eigenvalue weighted by atomic mass is 10.2. The molecule has 0 fully saturated rings. The molecule has 1 aromatic carbocycles. The summed E-state index contributed by atoms with van der Waals surface area (Å²) in [5.74, 6) is -0.289. The quantitative estimate of drug-likeness (QED) is 0.716. The van der Waals surface area contributed by atoms with E-state index in [2.05, 4.69) is 15.4 Å². The summed E-state index contributed by atoms with van der Waals surface area (Å²) in [5, 5.41) is 7.23. The zero-order chi connectivity index (χ0) is 20.5. The molecule has 0 unspecified atom stereocenters. The summed E-state index contributed by atoms with van der Waals surface area (Å²) in [4.78, 5) is 30.3. The van der Waals surface area contributed by atoms with Crippen LogP contribution in [0.3, 0.4) is 0 Å². The number of carbonyl (C=O) groups is 1. The van der Waals surface area contributed by atoms with E-state index in [4.69, 9.17) is 0 Å². The van der Waals surface area contributed by atoms with Crippen LogP contribution in [0.2, 0.25) is 0 Å². The van der Waals surface area contributed by atoms with Crippen molar-refractivity contribution in [2.45, 2.75) is 46.2 Å². The minimum Gasteiger partial charge on any atom is -0.350 e. The Balaban J connectivity index is 1.63. The number of fused-ring (bicyclic) bond motifs is 1. The van der Waals surface area contributed by atoms with Crippen LogP contribution in [0.4, 0.5) is 4.39 Å². The molecule has 4 rings (SSSR count). The predicted octanol–water partition coefficient (Wildman–Crippen LogP) is 1.99. The molecule has 1 aliphatic rings. The number of nitrogens with one attached hydrogen (secondary N) is 1. The fourth-order valence-corrected chi connectivity index (χ4v) is 3.65. The molecule has 0 aliphatic heterocycles. The van der Waals surface area contributed by atoms with E-state index in [1.165, 1.54) is 16.7 Å². The number of carbonyl (C=O) groups excluding carboxylic acids is 1. The van der Waals surface area contributed by atoms with Crippen LogP contribution in [0.1, 0.15) is 34.6 Å². The van der Waals surface area contributed by atoms with Crippen molar-refractivity contribution in [3.63, 3.8) is 0 Å². The Hall–Kier alpha value is -3.29. The van der Waals surface area contributed by atoms with E-state index in [1.54, 1.807) is 16.8 Å². The zero-order valence-corrected chi connectivity index (χ0v) is 16.4. The minimum absolute atomic E-state index is 0.159. The second-order valence-corrected chi connectivity index (χ2v) is 7.32. The summed E-state index contributed by atoms with van der Waals surface area (Å²) >= 11 is 0. The van der Waals surface area contributed by atoms with E-state index in [-0.39, 0.29) is 30.4 Å². The highest BCUT2D eigenvalue weighted by atomic mass is 19.1. The number of benzene rings is 1. The van der Waals surface area contributed by atoms with Gasteiger partial charge in [0.1, 0.15) is 12.4 Å². The number of hydrogen-bond acceptors (Lipinski definition) is 4. The standard InChI is InChI=1S/C21H22FN5O2/c1-13-10-14(2)27(25-13)21-24-18-5-3-4-17(18)20(29)26(21)12-19(28)23-11-15-6-8-16(22)9-7-15/h6-10H,3-5,11-12H2,1-2H3,(H,23,28). The molecule has 0 bridgehead atoms. The normalized spacial score (nSPS) is 12.8. The molecule has 150 valence electrons. The van der Waals surface area contributed by atoms with E-state index in [0.29, 0.717) is 17.9 Å². The number of aryl methyl sites for hydroxylation is 3. The van der Waals surface area contributed by atoms with Crippen LogP contribution in [0.5, 0.6) is 0 Å². The largest absolute Gasteiger partial charge is 0.350 e. The average molecular weight is 395 g/mol. The summed E-state index contributed by atoms with van der Waals surface area (Å²) in [6.45, 7) is 3.85. The summed E-state index contributed by atoms with van der Waals surface area (Å²) in [6.07, 6.45) is 2.32. The number of aromatic nitrogens is 4. The first-order chi connectivity index (χ1) is 13.9. The van der Waals surface area contributed by atoms with Crippen molar-refractivity contribution < 1.29 is 9.18 Å². The third-order valence-electron chi connectivity index (χ3n) is 5.07. The monoisotopic (exact) mass is 395 g/mol. The second-order valence-electron chi connectivity index (χ2n) is 7.32. The summed E-state index contributed by atoms with van der Waals surface area (Å²) in [7, 11) is 0. The van der Waals surface area contributed by atoms with Crippen molar-refractivity contribution in [2.24, 2.45) is 0 Å². The molecule has 1 N–H and O–H groups in total. The van der Waals surface area contributed by atoms with Crippen LogP contribution in [0.15, 0.2) is 35.1 Å². The molecule has 8 heteroatoms. The smallest absolute Gasteiger partial charge is 0.258 e. The lowest BCUT2D eigenvalue weighted by Gasteiger charge is -2.15. The highest BCUT2D eigenvalue weighted by Crippen LogP contribution is 2.19. The maximum absolute atomic E-state index is 13.1. The van der Waals surface area contributed by atoms with E-state index in [0.717, 1.165) is 35.5 Å². The Morgan fingerprint density at radius 2 is 1.97 bits per heavy atom. The Kier molecular flexibility index (Phi) is 5.00. The molecule has 0 radical (unpaired) electrons. The first-order valence-electron chi connectivity index (χ1n) is 9.60. The highest BCUT2D eigenvalue weighted by Gasteiger charge is 2.23. The van der Waals surface area contributed by atoms with Crippen LogP contribution in [0.25, 0.3) is 5.95 Å². The summed E-state index contributed by atoms with van der Waals surface area (Å²) < 4.78 is 16.0. The Bertz CT molecular complexity index is 1130. The fraction of sp³-hybridized carbons (Fsp3) is 0.333. The maximum atomic E-state index is 13.1. The molecule has 0 atom stereocenters. The van der Waals surface area contributed by atoms with Crippen LogP contribution in [-0.2, 0) is 30.7 Å². The Labute approximate surface area is 167 Å². The topological polar surface area (TPSA) is 81.8 Å². The predicted molar refractivity (Wildman–Crippen MR) is 105 cm³/mol. The van der Waals surface area contributed by atoms with Gasteiger partial charge in [-0.2, -0.15) is 5.10 Å². The molecule has 0 saturated carbocycles. The molecular weight excluding hydrogens is 373 g/mol. The van der Waals surface area contributed by atoms with E-state index < -0.39 is 0 Å². The second kappa shape index (κ2) is 7.62. The molecule has 2 aromatic heterocycles. The van der Waals surface area contributed by atoms with Crippen molar-refractivity contribution >= 4 is 5.91 Å². The van der Waals surface area contributed by atoms with Crippen molar-refractivity contribution in [3.8, 4) is 5.95 Å². The first kappa shape index (κ1) is 19.0. The van der Waals surface area contributed by atoms with Gasteiger partial charge in [-0.1, -0.05) is 12.1 Å². The van der Waals surface area contributed by atoms with Gasteiger partial charge < -0.3 is 5.32 Å².